The van der Waals surface area contributed by atoms with Gasteiger partial charge in [0.15, 0.2) is 0 Å². The highest BCUT2D eigenvalue weighted by Crippen LogP contribution is 2.29. The van der Waals surface area contributed by atoms with E-state index in [0.29, 0.717) is 0 Å². The van der Waals surface area contributed by atoms with Gasteiger partial charge in [0.25, 0.3) is 0 Å². The van der Waals surface area contributed by atoms with Gasteiger partial charge in [0.1, 0.15) is 0 Å². The number of benzene rings is 1. The highest BCUT2D eigenvalue weighted by Gasteiger charge is 2.16. The monoisotopic (exact) mass is 310 g/mol. The van der Waals surface area contributed by atoms with Crippen molar-refractivity contribution in [2.24, 2.45) is 7.05 Å². The minimum Gasteiger partial charge on any atom is -0.308 e. The second-order valence-corrected chi connectivity index (χ2v) is 6.00. The summed E-state index contributed by atoms with van der Waals surface area (Å²) < 4.78 is 1.82. The molecule has 20 heavy (non-hydrogen) atoms. The molecule has 0 aliphatic heterocycles. The Labute approximate surface area is 128 Å². The van der Waals surface area contributed by atoms with Gasteiger partial charge in [-0.15, -0.1) is 16.9 Å². The molecule has 4 nitrogen and oxygen atoms in total. The highest BCUT2D eigenvalue weighted by atomic mass is 35.5. The first-order valence-electron chi connectivity index (χ1n) is 6.67. The van der Waals surface area contributed by atoms with Gasteiger partial charge in [0.05, 0.1) is 23.0 Å². The number of nitrogens with zero attached hydrogens (tertiary/aromatic N) is 3. The van der Waals surface area contributed by atoms with Gasteiger partial charge in [0, 0.05) is 17.7 Å². The topological polar surface area (TPSA) is 42.7 Å². The van der Waals surface area contributed by atoms with Crippen molar-refractivity contribution < 1.29 is 0 Å². The standard InChI is InChI=1S/C14H19ClN4S/c1-3-8-16-12(13-9-17-18-19(13)2)10-20-14-7-5-4-6-11(14)15/h4-7,9,12,16H,3,8,10H2,1-2H3. The zero-order valence-corrected chi connectivity index (χ0v) is 13.3. The second-order valence-electron chi connectivity index (χ2n) is 4.53. The van der Waals surface area contributed by atoms with Crippen LogP contribution in [0.25, 0.3) is 0 Å². The number of aryl methyl sites for hydroxylation is 1. The summed E-state index contributed by atoms with van der Waals surface area (Å²) >= 11 is 7.95. The number of thioether (sulfide) groups is 1. The molecule has 2 aromatic rings. The Bertz CT molecular complexity index is 543. The zero-order chi connectivity index (χ0) is 14.4. The van der Waals surface area contributed by atoms with Gasteiger partial charge in [-0.1, -0.05) is 35.9 Å². The Morgan fingerprint density at radius 2 is 2.20 bits per heavy atom. The molecule has 0 spiro atoms. The molecule has 1 aromatic heterocycles. The zero-order valence-electron chi connectivity index (χ0n) is 11.7. The van der Waals surface area contributed by atoms with E-state index in [1.165, 1.54) is 0 Å². The van der Waals surface area contributed by atoms with Gasteiger partial charge in [-0.05, 0) is 25.1 Å². The van der Waals surface area contributed by atoms with Crippen molar-refractivity contribution in [1.29, 1.82) is 0 Å². The van der Waals surface area contributed by atoms with E-state index in [0.717, 1.165) is 34.3 Å². The van der Waals surface area contributed by atoms with E-state index < -0.39 is 0 Å². The van der Waals surface area contributed by atoms with Crippen LogP contribution in [0.15, 0.2) is 35.4 Å². The van der Waals surface area contributed by atoms with Gasteiger partial charge in [0.2, 0.25) is 0 Å². The van der Waals surface area contributed by atoms with Crippen molar-refractivity contribution in [3.8, 4) is 0 Å². The molecule has 0 aliphatic carbocycles. The number of nitrogens with one attached hydrogen (secondary N) is 1. The molecule has 6 heteroatoms. The summed E-state index contributed by atoms with van der Waals surface area (Å²) in [5, 5.41) is 12.3. The van der Waals surface area contributed by atoms with Crippen LogP contribution in [-0.2, 0) is 7.05 Å². The number of aromatic nitrogens is 3. The fourth-order valence-electron chi connectivity index (χ4n) is 1.92. The Hall–Kier alpha value is -1.04. The van der Waals surface area contributed by atoms with Gasteiger partial charge in [-0.3, -0.25) is 4.68 Å². The highest BCUT2D eigenvalue weighted by molar-refractivity contribution is 7.99. The minimum absolute atomic E-state index is 0.219. The molecule has 0 amide bonds. The Kier molecular flexibility index (Phi) is 5.88. The van der Waals surface area contributed by atoms with Crippen molar-refractivity contribution in [3.05, 3.63) is 41.2 Å². The lowest BCUT2D eigenvalue weighted by atomic mass is 10.2. The first-order valence-corrected chi connectivity index (χ1v) is 8.04. The van der Waals surface area contributed by atoms with Crippen LogP contribution in [-0.4, -0.2) is 27.3 Å². The lowest BCUT2D eigenvalue weighted by Crippen LogP contribution is -2.26. The van der Waals surface area contributed by atoms with Gasteiger partial charge in [-0.2, -0.15) is 0 Å². The predicted molar refractivity (Wildman–Crippen MR) is 84.2 cm³/mol. The molecule has 1 atom stereocenters. The molecular formula is C14H19ClN4S. The molecule has 0 radical (unpaired) electrons. The van der Waals surface area contributed by atoms with Crippen molar-refractivity contribution >= 4 is 23.4 Å². The lowest BCUT2D eigenvalue weighted by molar-refractivity contribution is 0.532. The number of rotatable bonds is 7. The van der Waals surface area contributed by atoms with Crippen LogP contribution in [0.3, 0.4) is 0 Å². The summed E-state index contributed by atoms with van der Waals surface area (Å²) in [5.41, 5.74) is 1.10. The Morgan fingerprint density at radius 3 is 2.85 bits per heavy atom. The summed E-state index contributed by atoms with van der Waals surface area (Å²) in [7, 11) is 1.92. The largest absolute Gasteiger partial charge is 0.308 e. The van der Waals surface area contributed by atoms with Crippen LogP contribution in [0, 0.1) is 0 Å². The maximum atomic E-state index is 6.20. The quantitative estimate of drug-likeness (QED) is 0.797. The number of halogens is 1. The molecule has 108 valence electrons. The fourth-order valence-corrected chi connectivity index (χ4v) is 3.23. The molecule has 1 aromatic carbocycles. The van der Waals surface area contributed by atoms with Crippen LogP contribution >= 0.6 is 23.4 Å². The smallest absolute Gasteiger partial charge is 0.0761 e. The molecule has 0 saturated carbocycles. The summed E-state index contributed by atoms with van der Waals surface area (Å²) in [6.07, 6.45) is 2.92. The number of hydrogen-bond donors (Lipinski definition) is 1. The third-order valence-corrected chi connectivity index (χ3v) is 4.60. The molecule has 0 saturated heterocycles. The maximum Gasteiger partial charge on any atom is 0.0761 e. The van der Waals surface area contributed by atoms with E-state index in [-0.39, 0.29) is 6.04 Å². The van der Waals surface area contributed by atoms with Gasteiger partial charge >= 0.3 is 0 Å². The van der Waals surface area contributed by atoms with Crippen LogP contribution in [0.1, 0.15) is 25.1 Å². The minimum atomic E-state index is 0.219. The SMILES string of the molecule is CCCNC(CSc1ccccc1Cl)c1cnnn1C. The fraction of sp³-hybridized carbons (Fsp3) is 0.429. The summed E-state index contributed by atoms with van der Waals surface area (Å²) in [5.74, 6) is 0.894. The van der Waals surface area contributed by atoms with E-state index in [9.17, 15) is 0 Å². The summed E-state index contributed by atoms with van der Waals surface area (Å²) in [6.45, 7) is 3.13. The van der Waals surface area contributed by atoms with Crippen molar-refractivity contribution in [2.45, 2.75) is 24.3 Å². The Morgan fingerprint density at radius 1 is 1.40 bits per heavy atom. The molecule has 1 heterocycles. The van der Waals surface area contributed by atoms with Crippen LogP contribution in [0.5, 0.6) is 0 Å². The average Bonchev–Trinajstić information content (AvgIpc) is 2.87. The van der Waals surface area contributed by atoms with E-state index in [1.807, 2.05) is 42.2 Å². The normalized spacial score (nSPS) is 12.6. The molecule has 0 fully saturated rings. The molecule has 1 N–H and O–H groups in total. The van der Waals surface area contributed by atoms with E-state index in [2.05, 4.69) is 22.6 Å². The van der Waals surface area contributed by atoms with E-state index in [1.54, 1.807) is 11.8 Å². The lowest BCUT2D eigenvalue weighted by Gasteiger charge is -2.18. The first-order chi connectivity index (χ1) is 9.72. The third-order valence-electron chi connectivity index (χ3n) is 2.99. The molecular weight excluding hydrogens is 292 g/mol. The van der Waals surface area contributed by atoms with E-state index >= 15 is 0 Å². The summed E-state index contributed by atoms with van der Waals surface area (Å²) in [6, 6.07) is 8.14. The van der Waals surface area contributed by atoms with E-state index in [4.69, 9.17) is 11.6 Å². The van der Waals surface area contributed by atoms with Crippen molar-refractivity contribution in [3.63, 3.8) is 0 Å². The molecule has 0 bridgehead atoms. The van der Waals surface area contributed by atoms with Crippen LogP contribution < -0.4 is 5.32 Å². The maximum absolute atomic E-state index is 6.20. The predicted octanol–water partition coefficient (Wildman–Crippen LogP) is 3.30. The van der Waals surface area contributed by atoms with Crippen molar-refractivity contribution in [1.82, 2.24) is 20.3 Å². The second kappa shape index (κ2) is 7.67. The van der Waals surface area contributed by atoms with Crippen LogP contribution in [0.2, 0.25) is 5.02 Å². The molecule has 1 unspecified atom stereocenters. The Balaban J connectivity index is 2.05. The third kappa shape index (κ3) is 3.98. The average molecular weight is 311 g/mol. The van der Waals surface area contributed by atoms with Gasteiger partial charge < -0.3 is 5.32 Å². The van der Waals surface area contributed by atoms with Crippen LogP contribution in [0.4, 0.5) is 0 Å². The molecule has 2 rings (SSSR count). The first kappa shape index (κ1) is 15.4. The van der Waals surface area contributed by atoms with Crippen molar-refractivity contribution in [2.75, 3.05) is 12.3 Å². The van der Waals surface area contributed by atoms with Gasteiger partial charge in [-0.25, -0.2) is 0 Å². The molecule has 0 aliphatic rings. The number of hydrogen-bond acceptors (Lipinski definition) is 4. The summed E-state index contributed by atoms with van der Waals surface area (Å²) in [4.78, 5) is 1.10.